The maximum Gasteiger partial charge on any atom is 0.187 e. The van der Waals surface area contributed by atoms with Crippen LogP contribution in [-0.4, -0.2) is 36.1 Å². The van der Waals surface area contributed by atoms with E-state index in [1.54, 1.807) is 11.3 Å². The van der Waals surface area contributed by atoms with Gasteiger partial charge in [0.25, 0.3) is 0 Å². The Morgan fingerprint density at radius 3 is 2.88 bits per heavy atom. The van der Waals surface area contributed by atoms with Gasteiger partial charge in [-0.15, -0.1) is 11.3 Å². The Kier molecular flexibility index (Phi) is 4.48. The van der Waals surface area contributed by atoms with Gasteiger partial charge in [-0.05, 0) is 51.9 Å². The number of rotatable bonds is 3. The topological polar surface area (TPSA) is 41.3 Å². The fourth-order valence-electron chi connectivity index (χ4n) is 3.40. The van der Waals surface area contributed by atoms with Crippen LogP contribution in [0.15, 0.2) is 33.5 Å². The van der Waals surface area contributed by atoms with E-state index in [2.05, 4.69) is 52.3 Å². The molecule has 0 radical (unpaired) electrons. The van der Waals surface area contributed by atoms with Crippen LogP contribution in [0, 0.1) is 11.8 Å². The molecule has 0 aliphatic carbocycles. The first-order valence-corrected chi connectivity index (χ1v) is 9.52. The monoisotopic (exact) mass is 351 g/mol. The van der Waals surface area contributed by atoms with Crippen LogP contribution in [0.4, 0.5) is 5.69 Å². The van der Waals surface area contributed by atoms with Gasteiger partial charge in [-0.3, -0.25) is 0 Å². The Balaban J connectivity index is 1.76. The first kappa shape index (κ1) is 16.2. The first-order valence-electron chi connectivity index (χ1n) is 8.58. The molecule has 0 amide bonds. The summed E-state index contributed by atoms with van der Waals surface area (Å²) < 4.78 is 6.18. The van der Waals surface area contributed by atoms with Gasteiger partial charge in [-0.1, -0.05) is 18.1 Å². The Morgan fingerprint density at radius 1 is 1.32 bits per heavy atom. The average Bonchev–Trinajstić information content (AvgIpc) is 3.25. The number of thiazole rings is 1. The summed E-state index contributed by atoms with van der Waals surface area (Å²) in [6.45, 7) is 4.08. The molecule has 2 aromatic heterocycles. The molecule has 1 aliphatic rings. The van der Waals surface area contributed by atoms with E-state index in [4.69, 9.17) is 4.42 Å². The number of hydrogen-bond donors (Lipinski definition) is 1. The highest BCUT2D eigenvalue weighted by atomic mass is 32.1. The van der Waals surface area contributed by atoms with Crippen LogP contribution < -0.4 is 5.32 Å². The number of nitrogens with zero attached hydrogens (tertiary/aromatic N) is 2. The van der Waals surface area contributed by atoms with Gasteiger partial charge in [0, 0.05) is 16.8 Å². The van der Waals surface area contributed by atoms with Crippen LogP contribution in [0.5, 0.6) is 0 Å². The van der Waals surface area contributed by atoms with Crippen LogP contribution >= 0.6 is 11.3 Å². The molecular formula is C20H21N3OS. The number of piperidine rings is 1. The van der Waals surface area contributed by atoms with Crippen molar-refractivity contribution in [3.8, 4) is 23.1 Å². The summed E-state index contributed by atoms with van der Waals surface area (Å²) in [7, 11) is 2.18. The highest BCUT2D eigenvalue weighted by Gasteiger charge is 2.21. The van der Waals surface area contributed by atoms with Crippen molar-refractivity contribution in [2.45, 2.75) is 25.8 Å². The molecule has 4 rings (SSSR count). The van der Waals surface area contributed by atoms with Gasteiger partial charge in [0.05, 0.1) is 22.5 Å². The third kappa shape index (κ3) is 3.15. The van der Waals surface area contributed by atoms with Crippen molar-refractivity contribution in [2.75, 3.05) is 25.5 Å². The molecule has 1 N–H and O–H groups in total. The maximum absolute atomic E-state index is 6.18. The van der Waals surface area contributed by atoms with E-state index in [0.717, 1.165) is 53.8 Å². The first-order chi connectivity index (χ1) is 12.3. The van der Waals surface area contributed by atoms with Crippen LogP contribution in [0.1, 0.15) is 25.5 Å². The minimum atomic E-state index is 0.482. The Hall–Kier alpha value is -2.29. The summed E-state index contributed by atoms with van der Waals surface area (Å²) in [4.78, 5) is 6.85. The lowest BCUT2D eigenvalue weighted by molar-refractivity contribution is 0.264. The Labute approximate surface area is 151 Å². The number of nitrogens with one attached hydrogen (secondary N) is 1. The van der Waals surface area contributed by atoms with E-state index in [9.17, 15) is 0 Å². The van der Waals surface area contributed by atoms with Crippen LogP contribution in [-0.2, 0) is 0 Å². The number of furan rings is 1. The molecule has 1 saturated heterocycles. The van der Waals surface area contributed by atoms with Gasteiger partial charge in [0.2, 0.25) is 0 Å². The van der Waals surface area contributed by atoms with Gasteiger partial charge >= 0.3 is 0 Å². The third-order valence-corrected chi connectivity index (χ3v) is 5.31. The van der Waals surface area contributed by atoms with Crippen LogP contribution in [0.25, 0.3) is 22.2 Å². The second-order valence-corrected chi connectivity index (χ2v) is 7.18. The predicted molar refractivity (Wildman–Crippen MR) is 104 cm³/mol. The number of hydrogen-bond acceptors (Lipinski definition) is 5. The fraction of sp³-hybridized carbons (Fsp3) is 0.350. The number of likely N-dealkylation sites (tertiary alicyclic amines) is 1. The molecule has 0 unspecified atom stereocenters. The standard InChI is InChI=1S/C20H21N3OS/c1-3-5-18-19(17-12-25-13-21-17)15-6-4-7-16(20(15)24-18)22-14-8-10-23(2)11-9-14/h4,6-7,12-14,22H,8-11H2,1-2H3. The summed E-state index contributed by atoms with van der Waals surface area (Å²) >= 11 is 1.58. The highest BCUT2D eigenvalue weighted by molar-refractivity contribution is 7.07. The molecule has 1 fully saturated rings. The summed E-state index contributed by atoms with van der Waals surface area (Å²) in [5.74, 6) is 6.76. The van der Waals surface area contributed by atoms with E-state index in [0.29, 0.717) is 11.8 Å². The van der Waals surface area contributed by atoms with Crippen LogP contribution in [0.2, 0.25) is 0 Å². The number of benzene rings is 1. The van der Waals surface area contributed by atoms with Gasteiger partial charge < -0.3 is 14.6 Å². The van der Waals surface area contributed by atoms with Crippen molar-refractivity contribution in [3.63, 3.8) is 0 Å². The fourth-order valence-corrected chi connectivity index (χ4v) is 3.94. The van der Waals surface area contributed by atoms with E-state index in [1.165, 1.54) is 0 Å². The molecule has 3 heterocycles. The number of aromatic nitrogens is 1. The SMILES string of the molecule is CC#Cc1oc2c(NC3CCN(C)CC3)cccc2c1-c1cscn1. The zero-order chi connectivity index (χ0) is 17.2. The van der Waals surface area contributed by atoms with Crippen molar-refractivity contribution in [2.24, 2.45) is 0 Å². The summed E-state index contributed by atoms with van der Waals surface area (Å²) in [5.41, 5.74) is 5.70. The third-order valence-electron chi connectivity index (χ3n) is 4.72. The van der Waals surface area contributed by atoms with Crippen molar-refractivity contribution in [1.29, 1.82) is 0 Å². The van der Waals surface area contributed by atoms with E-state index in [1.807, 2.05) is 17.8 Å². The second kappa shape index (κ2) is 6.91. The number of anilines is 1. The lowest BCUT2D eigenvalue weighted by Gasteiger charge is -2.30. The zero-order valence-corrected chi connectivity index (χ0v) is 15.3. The lowest BCUT2D eigenvalue weighted by atomic mass is 10.0. The quantitative estimate of drug-likeness (QED) is 0.709. The molecule has 0 bridgehead atoms. The lowest BCUT2D eigenvalue weighted by Crippen LogP contribution is -2.36. The van der Waals surface area contributed by atoms with Gasteiger partial charge in [-0.2, -0.15) is 0 Å². The minimum Gasteiger partial charge on any atom is -0.445 e. The molecule has 0 atom stereocenters. The molecular weight excluding hydrogens is 330 g/mol. The van der Waals surface area contributed by atoms with Crippen molar-refractivity contribution < 1.29 is 4.42 Å². The summed E-state index contributed by atoms with van der Waals surface area (Å²) in [5, 5.41) is 6.80. The molecule has 25 heavy (non-hydrogen) atoms. The molecule has 0 saturated carbocycles. The number of para-hydroxylation sites is 1. The molecule has 1 aromatic carbocycles. The smallest absolute Gasteiger partial charge is 0.187 e. The molecule has 4 nitrogen and oxygen atoms in total. The molecule has 128 valence electrons. The van der Waals surface area contributed by atoms with Crippen molar-refractivity contribution in [1.82, 2.24) is 9.88 Å². The molecule has 0 spiro atoms. The van der Waals surface area contributed by atoms with E-state index in [-0.39, 0.29) is 0 Å². The summed E-state index contributed by atoms with van der Waals surface area (Å²) in [6.07, 6.45) is 2.29. The largest absolute Gasteiger partial charge is 0.445 e. The highest BCUT2D eigenvalue weighted by Crippen LogP contribution is 2.38. The van der Waals surface area contributed by atoms with Crippen molar-refractivity contribution in [3.05, 3.63) is 34.8 Å². The van der Waals surface area contributed by atoms with E-state index < -0.39 is 0 Å². The molecule has 3 aromatic rings. The normalized spacial score (nSPS) is 15.9. The Morgan fingerprint density at radius 2 is 2.16 bits per heavy atom. The van der Waals surface area contributed by atoms with Crippen LogP contribution in [0.3, 0.4) is 0 Å². The minimum absolute atomic E-state index is 0.482. The summed E-state index contributed by atoms with van der Waals surface area (Å²) in [6, 6.07) is 6.75. The molecule has 5 heteroatoms. The molecule has 1 aliphatic heterocycles. The second-order valence-electron chi connectivity index (χ2n) is 6.46. The number of fused-ring (bicyclic) bond motifs is 1. The van der Waals surface area contributed by atoms with Crippen molar-refractivity contribution >= 4 is 28.0 Å². The Bertz CT molecular complexity index is 925. The van der Waals surface area contributed by atoms with Gasteiger partial charge in [-0.25, -0.2) is 4.98 Å². The average molecular weight is 351 g/mol. The zero-order valence-electron chi connectivity index (χ0n) is 14.5. The predicted octanol–water partition coefficient (Wildman–Crippen LogP) is 4.43. The van der Waals surface area contributed by atoms with Gasteiger partial charge in [0.15, 0.2) is 11.3 Å². The maximum atomic E-state index is 6.18. The van der Waals surface area contributed by atoms with Gasteiger partial charge in [0.1, 0.15) is 0 Å². The van der Waals surface area contributed by atoms with E-state index >= 15 is 0 Å².